The highest BCUT2D eigenvalue weighted by atomic mass is 32.2. The second-order valence-electron chi connectivity index (χ2n) is 4.70. The highest BCUT2D eigenvalue weighted by molar-refractivity contribution is 8.18. The predicted octanol–water partition coefficient (Wildman–Crippen LogP) is 2.81. The molecule has 2 aromatic rings. The molecule has 0 aromatic carbocycles. The van der Waals surface area contributed by atoms with Crippen LogP contribution < -0.4 is 5.32 Å². The topological polar surface area (TPSA) is 64.0 Å². The Morgan fingerprint density at radius 1 is 1.29 bits per heavy atom. The number of carbonyl (C=O) groups is 2. The zero-order valence-corrected chi connectivity index (χ0v) is 12.4. The van der Waals surface area contributed by atoms with Gasteiger partial charge >= 0.3 is 0 Å². The van der Waals surface area contributed by atoms with Crippen LogP contribution in [-0.4, -0.2) is 20.7 Å². The number of aromatic nitrogens is 2. The largest absolute Gasteiger partial charge is 0.303 e. The van der Waals surface area contributed by atoms with Gasteiger partial charge in [-0.1, -0.05) is 6.07 Å². The lowest BCUT2D eigenvalue weighted by Crippen LogP contribution is -2.17. The number of rotatable bonds is 2. The highest BCUT2D eigenvalue weighted by Gasteiger charge is 2.25. The van der Waals surface area contributed by atoms with E-state index in [-0.39, 0.29) is 11.1 Å². The Bertz CT molecular complexity index is 763. The van der Waals surface area contributed by atoms with E-state index in [4.69, 9.17) is 0 Å². The van der Waals surface area contributed by atoms with E-state index in [9.17, 15) is 9.59 Å². The van der Waals surface area contributed by atoms with E-state index in [0.717, 1.165) is 34.5 Å². The molecule has 0 atom stereocenters. The molecule has 0 aliphatic carbocycles. The van der Waals surface area contributed by atoms with Crippen LogP contribution in [0.5, 0.6) is 0 Å². The summed E-state index contributed by atoms with van der Waals surface area (Å²) in [5, 5.41) is 1.93. The van der Waals surface area contributed by atoms with E-state index in [1.807, 2.05) is 42.7 Å². The van der Waals surface area contributed by atoms with E-state index in [2.05, 4.69) is 10.3 Å². The molecule has 1 aliphatic heterocycles. The SMILES string of the molecule is Cc1cc(/C=C2/SC(=O)NC2=O)c(C)n1-c1ccccn1. The summed E-state index contributed by atoms with van der Waals surface area (Å²) in [6.45, 7) is 3.95. The minimum absolute atomic E-state index is 0.329. The van der Waals surface area contributed by atoms with Crippen LogP contribution in [-0.2, 0) is 4.79 Å². The summed E-state index contributed by atoms with van der Waals surface area (Å²) in [5.41, 5.74) is 2.91. The van der Waals surface area contributed by atoms with Crippen LogP contribution in [0.4, 0.5) is 4.79 Å². The number of carbonyl (C=O) groups excluding carboxylic acids is 2. The van der Waals surface area contributed by atoms with E-state index >= 15 is 0 Å². The third kappa shape index (κ3) is 2.50. The lowest BCUT2D eigenvalue weighted by atomic mass is 10.2. The Kier molecular flexibility index (Phi) is 3.39. The van der Waals surface area contributed by atoms with Crippen LogP contribution in [0.1, 0.15) is 17.0 Å². The average Bonchev–Trinajstić information content (AvgIpc) is 2.91. The molecule has 2 aromatic heterocycles. The molecule has 106 valence electrons. The first-order valence-electron chi connectivity index (χ1n) is 6.41. The Balaban J connectivity index is 2.05. The van der Waals surface area contributed by atoms with E-state index in [1.165, 1.54) is 0 Å². The van der Waals surface area contributed by atoms with Crippen molar-refractivity contribution in [2.45, 2.75) is 13.8 Å². The summed E-state index contributed by atoms with van der Waals surface area (Å²) in [6, 6.07) is 7.70. The predicted molar refractivity (Wildman–Crippen MR) is 82.1 cm³/mol. The van der Waals surface area contributed by atoms with Gasteiger partial charge in [0.2, 0.25) is 0 Å². The van der Waals surface area contributed by atoms with E-state index in [0.29, 0.717) is 4.91 Å². The fourth-order valence-corrected chi connectivity index (χ4v) is 3.01. The standard InChI is InChI=1S/C15H13N3O2S/c1-9-7-11(8-12-14(19)17-15(20)21-12)10(2)18(9)13-5-3-4-6-16-13/h3-8H,1-2H3,(H,17,19,20)/b12-8+. The third-order valence-corrected chi connectivity index (χ3v) is 4.09. The summed E-state index contributed by atoms with van der Waals surface area (Å²) in [5.74, 6) is 0.490. The number of amides is 2. The lowest BCUT2D eigenvalue weighted by Gasteiger charge is -2.07. The van der Waals surface area contributed by atoms with Crippen molar-refractivity contribution >= 4 is 29.0 Å². The number of thioether (sulfide) groups is 1. The van der Waals surface area contributed by atoms with Gasteiger partial charge in [-0.25, -0.2) is 4.98 Å². The van der Waals surface area contributed by atoms with Crippen molar-refractivity contribution in [3.63, 3.8) is 0 Å². The van der Waals surface area contributed by atoms with Gasteiger partial charge in [-0.3, -0.25) is 14.9 Å². The van der Waals surface area contributed by atoms with Crippen LogP contribution in [0.2, 0.25) is 0 Å². The molecule has 1 fully saturated rings. The first-order valence-corrected chi connectivity index (χ1v) is 7.23. The zero-order chi connectivity index (χ0) is 15.0. The summed E-state index contributed by atoms with van der Waals surface area (Å²) in [4.78, 5) is 27.6. The molecule has 1 N–H and O–H groups in total. The minimum Gasteiger partial charge on any atom is -0.303 e. The van der Waals surface area contributed by atoms with Crippen molar-refractivity contribution < 1.29 is 9.59 Å². The average molecular weight is 299 g/mol. The number of aryl methyl sites for hydroxylation is 1. The minimum atomic E-state index is -0.340. The summed E-state index contributed by atoms with van der Waals surface area (Å²) in [7, 11) is 0. The quantitative estimate of drug-likeness (QED) is 0.866. The number of pyridine rings is 1. The molecule has 0 saturated carbocycles. The monoisotopic (exact) mass is 299 g/mol. The van der Waals surface area contributed by atoms with Crippen LogP contribution in [0.3, 0.4) is 0 Å². The number of hydrogen-bond donors (Lipinski definition) is 1. The summed E-state index contributed by atoms with van der Waals surface area (Å²) in [6.07, 6.45) is 3.48. The first kappa shape index (κ1) is 13.6. The molecule has 5 nitrogen and oxygen atoms in total. The molecule has 0 unspecified atom stereocenters. The number of nitrogens with zero attached hydrogens (tertiary/aromatic N) is 2. The van der Waals surface area contributed by atoms with Crippen molar-refractivity contribution in [2.24, 2.45) is 0 Å². The van der Waals surface area contributed by atoms with Gasteiger partial charge in [0.25, 0.3) is 11.1 Å². The van der Waals surface area contributed by atoms with Gasteiger partial charge in [0.15, 0.2) is 0 Å². The molecule has 1 saturated heterocycles. The third-order valence-electron chi connectivity index (χ3n) is 3.28. The second-order valence-corrected chi connectivity index (χ2v) is 5.72. The van der Waals surface area contributed by atoms with Crippen LogP contribution >= 0.6 is 11.8 Å². The van der Waals surface area contributed by atoms with E-state index in [1.54, 1.807) is 12.3 Å². The van der Waals surface area contributed by atoms with Crippen LogP contribution in [0.25, 0.3) is 11.9 Å². The Morgan fingerprint density at radius 3 is 2.71 bits per heavy atom. The van der Waals surface area contributed by atoms with Gasteiger partial charge in [0.05, 0.1) is 4.91 Å². The van der Waals surface area contributed by atoms with Crippen LogP contribution in [0.15, 0.2) is 35.4 Å². The lowest BCUT2D eigenvalue weighted by molar-refractivity contribution is -0.115. The molecular weight excluding hydrogens is 286 g/mol. The number of imide groups is 1. The van der Waals surface area contributed by atoms with Gasteiger partial charge in [-0.15, -0.1) is 0 Å². The van der Waals surface area contributed by atoms with Gasteiger partial charge < -0.3 is 4.57 Å². The molecule has 0 bridgehead atoms. The Labute approximate surface area is 126 Å². The zero-order valence-electron chi connectivity index (χ0n) is 11.6. The van der Waals surface area contributed by atoms with Crippen molar-refractivity contribution in [2.75, 3.05) is 0 Å². The van der Waals surface area contributed by atoms with Gasteiger partial charge in [0, 0.05) is 17.6 Å². The normalized spacial score (nSPS) is 16.6. The number of hydrogen-bond acceptors (Lipinski definition) is 4. The fourth-order valence-electron chi connectivity index (χ4n) is 2.33. The van der Waals surface area contributed by atoms with E-state index < -0.39 is 0 Å². The summed E-state index contributed by atoms with van der Waals surface area (Å²) < 4.78 is 2.02. The molecule has 3 heterocycles. The van der Waals surface area contributed by atoms with Crippen molar-refractivity contribution in [3.8, 4) is 5.82 Å². The van der Waals surface area contributed by atoms with Gasteiger partial charge in [-0.2, -0.15) is 0 Å². The van der Waals surface area contributed by atoms with Gasteiger partial charge in [-0.05, 0) is 55.4 Å². The smallest absolute Gasteiger partial charge is 0.290 e. The maximum absolute atomic E-state index is 11.6. The molecule has 0 radical (unpaired) electrons. The molecule has 6 heteroatoms. The van der Waals surface area contributed by atoms with Crippen molar-refractivity contribution in [3.05, 3.63) is 52.3 Å². The maximum atomic E-state index is 11.6. The Morgan fingerprint density at radius 2 is 2.10 bits per heavy atom. The second kappa shape index (κ2) is 5.21. The highest BCUT2D eigenvalue weighted by Crippen LogP contribution is 2.28. The fraction of sp³-hybridized carbons (Fsp3) is 0.133. The molecule has 0 spiro atoms. The molecular formula is C15H13N3O2S. The molecule has 21 heavy (non-hydrogen) atoms. The maximum Gasteiger partial charge on any atom is 0.290 e. The molecule has 3 rings (SSSR count). The molecule has 1 aliphatic rings. The number of nitrogens with one attached hydrogen (secondary N) is 1. The Hall–Kier alpha value is -2.34. The van der Waals surface area contributed by atoms with Gasteiger partial charge in [0.1, 0.15) is 5.82 Å². The first-order chi connectivity index (χ1) is 10.1. The molecule has 2 amide bonds. The van der Waals surface area contributed by atoms with Crippen molar-refractivity contribution in [1.29, 1.82) is 0 Å². The van der Waals surface area contributed by atoms with Crippen molar-refractivity contribution in [1.82, 2.24) is 14.9 Å². The summed E-state index contributed by atoms with van der Waals surface area (Å²) >= 11 is 0.925. The van der Waals surface area contributed by atoms with Crippen LogP contribution in [0, 0.1) is 13.8 Å².